The number of carbonyl (C=O) groups is 1. The topological polar surface area (TPSA) is 45.1 Å². The summed E-state index contributed by atoms with van der Waals surface area (Å²) < 4.78 is 5.89. The van der Waals surface area contributed by atoms with Crippen LogP contribution < -0.4 is 4.74 Å². The summed E-state index contributed by atoms with van der Waals surface area (Å²) in [6.45, 7) is 11.0. The largest absolute Gasteiger partial charge is 0.494 e. The van der Waals surface area contributed by atoms with Gasteiger partial charge in [-0.2, -0.15) is 5.10 Å². The van der Waals surface area contributed by atoms with Crippen LogP contribution in [0.15, 0.2) is 41.5 Å². The number of rotatable bonds is 10. The van der Waals surface area contributed by atoms with E-state index >= 15 is 0 Å². The van der Waals surface area contributed by atoms with Crippen LogP contribution in [0.5, 0.6) is 5.75 Å². The predicted octanol–water partition coefficient (Wildman–Crippen LogP) is 4.35. The first-order valence-electron chi connectivity index (χ1n) is 10.5. The molecule has 5 nitrogen and oxygen atoms in total. The van der Waals surface area contributed by atoms with Crippen LogP contribution in [0.4, 0.5) is 0 Å². The number of amides is 1. The van der Waals surface area contributed by atoms with Gasteiger partial charge in [0.15, 0.2) is 0 Å². The van der Waals surface area contributed by atoms with Gasteiger partial charge in [-0.15, -0.1) is 11.3 Å². The Morgan fingerprint density at radius 3 is 2.79 bits per heavy atom. The monoisotopic (exact) mass is 413 g/mol. The summed E-state index contributed by atoms with van der Waals surface area (Å²) in [5.41, 5.74) is 1.98. The Balaban J connectivity index is 1.51. The van der Waals surface area contributed by atoms with Crippen LogP contribution in [0.1, 0.15) is 42.0 Å². The number of benzene rings is 1. The van der Waals surface area contributed by atoms with Crippen LogP contribution in [0.25, 0.3) is 0 Å². The zero-order valence-electron chi connectivity index (χ0n) is 17.7. The fourth-order valence-corrected chi connectivity index (χ4v) is 4.31. The maximum absolute atomic E-state index is 12.7. The van der Waals surface area contributed by atoms with Gasteiger partial charge in [0.05, 0.1) is 30.2 Å². The fraction of sp³-hybridized carbons (Fsp3) is 0.478. The SMILES string of the molecule is CCN(CC)CCCOc1cccc(CC(=O)N2CCC(c3ccc(C)s3)=N2)c1. The van der Waals surface area contributed by atoms with Crippen molar-refractivity contribution in [2.24, 2.45) is 5.10 Å². The number of hydrogen-bond donors (Lipinski definition) is 0. The van der Waals surface area contributed by atoms with E-state index in [9.17, 15) is 4.79 Å². The van der Waals surface area contributed by atoms with Gasteiger partial charge in [0, 0.05) is 17.8 Å². The molecule has 3 rings (SSSR count). The maximum atomic E-state index is 12.7. The Morgan fingerprint density at radius 1 is 1.24 bits per heavy atom. The Morgan fingerprint density at radius 2 is 2.07 bits per heavy atom. The first-order valence-corrected chi connectivity index (χ1v) is 11.3. The summed E-state index contributed by atoms with van der Waals surface area (Å²) in [5.74, 6) is 0.862. The number of thiophene rings is 1. The van der Waals surface area contributed by atoms with Crippen molar-refractivity contribution in [2.75, 3.05) is 32.8 Å². The summed E-state index contributed by atoms with van der Waals surface area (Å²) in [6, 6.07) is 12.0. The van der Waals surface area contributed by atoms with E-state index in [0.29, 0.717) is 19.6 Å². The molecule has 0 unspecified atom stereocenters. The van der Waals surface area contributed by atoms with Gasteiger partial charge < -0.3 is 9.64 Å². The van der Waals surface area contributed by atoms with Crippen molar-refractivity contribution in [2.45, 2.75) is 40.0 Å². The lowest BCUT2D eigenvalue weighted by Gasteiger charge is -2.17. The molecule has 1 aromatic heterocycles. The molecule has 1 aliphatic heterocycles. The Labute approximate surface area is 178 Å². The van der Waals surface area contributed by atoms with Crippen LogP contribution >= 0.6 is 11.3 Å². The van der Waals surface area contributed by atoms with Crippen LogP contribution in [0.3, 0.4) is 0 Å². The summed E-state index contributed by atoms with van der Waals surface area (Å²) in [7, 11) is 0. The smallest absolute Gasteiger partial charge is 0.247 e. The minimum atomic E-state index is 0.0342. The van der Waals surface area contributed by atoms with Gasteiger partial charge in [0.1, 0.15) is 5.75 Å². The molecule has 1 aliphatic rings. The third-order valence-corrected chi connectivity index (χ3v) is 6.20. The van der Waals surface area contributed by atoms with E-state index in [1.54, 1.807) is 16.3 Å². The van der Waals surface area contributed by atoms with Crippen LogP contribution in [0.2, 0.25) is 0 Å². The molecule has 0 bridgehead atoms. The molecule has 0 saturated carbocycles. The van der Waals surface area contributed by atoms with Gasteiger partial charge >= 0.3 is 0 Å². The summed E-state index contributed by atoms with van der Waals surface area (Å²) in [4.78, 5) is 17.5. The summed E-state index contributed by atoms with van der Waals surface area (Å²) in [6.07, 6.45) is 2.16. The number of ether oxygens (including phenoxy) is 1. The first-order chi connectivity index (χ1) is 14.1. The van der Waals surface area contributed by atoms with Crippen molar-refractivity contribution in [1.82, 2.24) is 9.91 Å². The van der Waals surface area contributed by atoms with Gasteiger partial charge in [-0.25, -0.2) is 5.01 Å². The van der Waals surface area contributed by atoms with Crippen molar-refractivity contribution in [3.8, 4) is 5.75 Å². The molecule has 2 aromatic rings. The van der Waals surface area contributed by atoms with Gasteiger partial charge in [0.2, 0.25) is 5.91 Å². The molecule has 156 valence electrons. The molecule has 0 fully saturated rings. The van der Waals surface area contributed by atoms with Gasteiger partial charge in [-0.05, 0) is 56.3 Å². The van der Waals surface area contributed by atoms with E-state index in [1.807, 2.05) is 24.3 Å². The predicted molar refractivity (Wildman–Crippen MR) is 120 cm³/mol. The van der Waals surface area contributed by atoms with Crippen molar-refractivity contribution in [3.05, 3.63) is 51.7 Å². The molecule has 2 heterocycles. The standard InChI is InChI=1S/C23H31N3O2S/c1-4-25(5-2)13-7-15-28-20-9-6-8-19(16-20)17-23(27)26-14-12-21(24-26)22-11-10-18(3)29-22/h6,8-11,16H,4-5,7,12-15,17H2,1-3H3. The highest BCUT2D eigenvalue weighted by atomic mass is 32.1. The molecule has 0 aliphatic carbocycles. The molecule has 0 radical (unpaired) electrons. The summed E-state index contributed by atoms with van der Waals surface area (Å²) in [5, 5.41) is 6.17. The van der Waals surface area contributed by atoms with Gasteiger partial charge in [-0.1, -0.05) is 26.0 Å². The summed E-state index contributed by atoms with van der Waals surface area (Å²) >= 11 is 1.73. The molecule has 0 spiro atoms. The lowest BCUT2D eigenvalue weighted by Crippen LogP contribution is -2.25. The lowest BCUT2D eigenvalue weighted by atomic mass is 10.1. The number of hydrogen-bond acceptors (Lipinski definition) is 5. The van der Waals surface area contributed by atoms with E-state index in [4.69, 9.17) is 4.74 Å². The molecule has 1 amide bonds. The van der Waals surface area contributed by atoms with Crippen LogP contribution in [-0.4, -0.2) is 54.3 Å². The fourth-order valence-electron chi connectivity index (χ4n) is 3.43. The second-order valence-electron chi connectivity index (χ2n) is 7.28. The molecular formula is C23H31N3O2S. The zero-order chi connectivity index (χ0) is 20.6. The van der Waals surface area contributed by atoms with Crippen LogP contribution in [0, 0.1) is 6.92 Å². The molecule has 29 heavy (non-hydrogen) atoms. The van der Waals surface area contributed by atoms with E-state index in [0.717, 1.165) is 54.4 Å². The Bertz CT molecular complexity index is 842. The van der Waals surface area contributed by atoms with E-state index in [1.165, 1.54) is 4.88 Å². The van der Waals surface area contributed by atoms with Crippen molar-refractivity contribution < 1.29 is 9.53 Å². The average molecular weight is 414 g/mol. The number of aryl methyl sites for hydroxylation is 1. The number of carbonyl (C=O) groups excluding carboxylic acids is 1. The van der Waals surface area contributed by atoms with Gasteiger partial charge in [0.25, 0.3) is 0 Å². The highest BCUT2D eigenvalue weighted by molar-refractivity contribution is 7.14. The molecule has 0 saturated heterocycles. The van der Waals surface area contributed by atoms with Crippen molar-refractivity contribution in [3.63, 3.8) is 0 Å². The Hall–Kier alpha value is -2.18. The zero-order valence-corrected chi connectivity index (χ0v) is 18.5. The lowest BCUT2D eigenvalue weighted by molar-refractivity contribution is -0.130. The minimum Gasteiger partial charge on any atom is -0.494 e. The first kappa shape index (κ1) is 21.5. The third-order valence-electron chi connectivity index (χ3n) is 5.15. The second-order valence-corrected chi connectivity index (χ2v) is 8.56. The highest BCUT2D eigenvalue weighted by Gasteiger charge is 2.22. The number of nitrogens with zero attached hydrogens (tertiary/aromatic N) is 3. The second kappa shape index (κ2) is 10.6. The molecular weight excluding hydrogens is 382 g/mol. The van der Waals surface area contributed by atoms with Crippen molar-refractivity contribution in [1.29, 1.82) is 0 Å². The normalized spacial score (nSPS) is 13.8. The maximum Gasteiger partial charge on any atom is 0.247 e. The molecule has 1 aromatic carbocycles. The quantitative estimate of drug-likeness (QED) is 0.544. The minimum absolute atomic E-state index is 0.0342. The molecule has 0 atom stereocenters. The van der Waals surface area contributed by atoms with Crippen molar-refractivity contribution >= 4 is 23.0 Å². The Kier molecular flexibility index (Phi) is 7.83. The van der Waals surface area contributed by atoms with E-state index < -0.39 is 0 Å². The average Bonchev–Trinajstić information content (AvgIpc) is 3.37. The van der Waals surface area contributed by atoms with Crippen LogP contribution in [-0.2, 0) is 11.2 Å². The number of hydrazone groups is 1. The molecule has 0 N–H and O–H groups in total. The molecule has 6 heteroatoms. The third kappa shape index (κ3) is 6.15. The van der Waals surface area contributed by atoms with E-state index in [2.05, 4.69) is 42.9 Å². The highest BCUT2D eigenvalue weighted by Crippen LogP contribution is 2.22. The van der Waals surface area contributed by atoms with Gasteiger partial charge in [-0.3, -0.25) is 4.79 Å². The van der Waals surface area contributed by atoms with E-state index in [-0.39, 0.29) is 5.91 Å².